The van der Waals surface area contributed by atoms with E-state index >= 15 is 0 Å². The summed E-state index contributed by atoms with van der Waals surface area (Å²) in [5, 5.41) is 3.35. The van der Waals surface area contributed by atoms with Crippen molar-refractivity contribution in [3.63, 3.8) is 0 Å². The van der Waals surface area contributed by atoms with E-state index in [-0.39, 0.29) is 24.0 Å². The highest BCUT2D eigenvalue weighted by Crippen LogP contribution is 2.30. The molecule has 0 bridgehead atoms. The number of hydrogen-bond donors (Lipinski definition) is 1. The third kappa shape index (κ3) is 5.17. The number of guanidine groups is 1. The Morgan fingerprint density at radius 2 is 1.58 bits per heavy atom. The fraction of sp³-hybridized carbons (Fsp3) is 0.316. The van der Waals surface area contributed by atoms with Crippen LogP contribution in [0.5, 0.6) is 23.0 Å². The maximum Gasteiger partial charge on any atom is 0.194 e. The molecule has 0 saturated heterocycles. The summed E-state index contributed by atoms with van der Waals surface area (Å²) in [6.07, 6.45) is 0. The zero-order valence-corrected chi connectivity index (χ0v) is 17.5. The van der Waals surface area contributed by atoms with Crippen LogP contribution in [0.15, 0.2) is 47.5 Å². The smallest absolute Gasteiger partial charge is 0.194 e. The summed E-state index contributed by atoms with van der Waals surface area (Å²) >= 11 is 0. The number of halogens is 1. The van der Waals surface area contributed by atoms with Gasteiger partial charge in [0.25, 0.3) is 0 Å². The number of aliphatic imine (C=N–C) groups is 1. The van der Waals surface area contributed by atoms with Gasteiger partial charge in [0, 0.05) is 38.3 Å². The highest BCUT2D eigenvalue weighted by atomic mass is 127. The van der Waals surface area contributed by atoms with Crippen molar-refractivity contribution < 1.29 is 14.2 Å². The second kappa shape index (κ2) is 9.51. The first kappa shape index (κ1) is 20.2. The molecule has 7 heteroatoms. The molecule has 140 valence electrons. The fourth-order valence-electron chi connectivity index (χ4n) is 2.56. The highest BCUT2D eigenvalue weighted by Gasteiger charge is 2.11. The standard InChI is InChI=1S/C19H23N3O3.HI/c1-22-9-8-20-19(22)21-13-14-4-6-15(7-5-14)25-18-11-16(23-2)10-17(12-18)24-3;/h4-7,10-12H,8-9,13H2,1-3H3,(H,20,21);1H. The molecule has 6 nitrogen and oxygen atoms in total. The SMILES string of the molecule is COc1cc(OC)cc(Oc2ccc(CNC3=NCCN3C)cc2)c1.I. The van der Waals surface area contributed by atoms with Gasteiger partial charge in [0.2, 0.25) is 0 Å². The molecule has 1 aliphatic rings. The Bertz CT molecular complexity index is 728. The van der Waals surface area contributed by atoms with Crippen LogP contribution in [0.4, 0.5) is 0 Å². The van der Waals surface area contributed by atoms with Crippen LogP contribution < -0.4 is 19.5 Å². The molecule has 0 fully saturated rings. The number of nitrogens with one attached hydrogen (secondary N) is 1. The maximum atomic E-state index is 5.90. The summed E-state index contributed by atoms with van der Waals surface area (Å²) in [4.78, 5) is 6.54. The number of hydrogen-bond acceptors (Lipinski definition) is 6. The Morgan fingerprint density at radius 1 is 0.962 bits per heavy atom. The van der Waals surface area contributed by atoms with Crippen molar-refractivity contribution in [3.8, 4) is 23.0 Å². The predicted molar refractivity (Wildman–Crippen MR) is 113 cm³/mol. The lowest BCUT2D eigenvalue weighted by Crippen LogP contribution is -2.35. The molecule has 0 saturated carbocycles. The topological polar surface area (TPSA) is 55.3 Å². The Morgan fingerprint density at radius 3 is 2.12 bits per heavy atom. The first-order valence-electron chi connectivity index (χ1n) is 8.17. The van der Waals surface area contributed by atoms with E-state index in [1.54, 1.807) is 14.2 Å². The van der Waals surface area contributed by atoms with Crippen LogP contribution in [0, 0.1) is 0 Å². The van der Waals surface area contributed by atoms with E-state index < -0.39 is 0 Å². The van der Waals surface area contributed by atoms with Gasteiger partial charge in [-0.3, -0.25) is 4.99 Å². The summed E-state index contributed by atoms with van der Waals surface area (Å²) in [5.74, 6) is 3.76. The van der Waals surface area contributed by atoms with Gasteiger partial charge in [0.1, 0.15) is 23.0 Å². The number of nitrogens with zero attached hydrogens (tertiary/aromatic N) is 2. The molecule has 1 N–H and O–H groups in total. The van der Waals surface area contributed by atoms with Gasteiger partial charge in [-0.05, 0) is 17.7 Å². The fourth-order valence-corrected chi connectivity index (χ4v) is 2.56. The van der Waals surface area contributed by atoms with Crippen molar-refractivity contribution in [1.29, 1.82) is 0 Å². The average molecular weight is 469 g/mol. The van der Waals surface area contributed by atoms with E-state index in [9.17, 15) is 0 Å². The van der Waals surface area contributed by atoms with Gasteiger partial charge < -0.3 is 24.4 Å². The van der Waals surface area contributed by atoms with Crippen molar-refractivity contribution in [1.82, 2.24) is 10.2 Å². The van der Waals surface area contributed by atoms with Gasteiger partial charge in [-0.15, -0.1) is 24.0 Å². The van der Waals surface area contributed by atoms with E-state index in [4.69, 9.17) is 14.2 Å². The van der Waals surface area contributed by atoms with Gasteiger partial charge in [0.15, 0.2) is 5.96 Å². The van der Waals surface area contributed by atoms with E-state index in [2.05, 4.69) is 15.2 Å². The van der Waals surface area contributed by atoms with E-state index in [1.807, 2.05) is 49.5 Å². The third-order valence-corrected chi connectivity index (χ3v) is 3.99. The summed E-state index contributed by atoms with van der Waals surface area (Å²) in [5.41, 5.74) is 1.17. The average Bonchev–Trinajstić information content (AvgIpc) is 3.05. The molecule has 0 atom stereocenters. The van der Waals surface area contributed by atoms with Gasteiger partial charge in [0.05, 0.1) is 20.8 Å². The monoisotopic (exact) mass is 469 g/mol. The first-order valence-corrected chi connectivity index (χ1v) is 8.17. The van der Waals surface area contributed by atoms with Crippen molar-refractivity contribution >= 4 is 29.9 Å². The Balaban J connectivity index is 0.00000243. The van der Waals surface area contributed by atoms with Crippen LogP contribution in [-0.2, 0) is 6.54 Å². The number of rotatable bonds is 6. The molecule has 3 rings (SSSR count). The quantitative estimate of drug-likeness (QED) is 0.657. The van der Waals surface area contributed by atoms with Crippen LogP contribution in [0.25, 0.3) is 0 Å². The number of methoxy groups -OCH3 is 2. The van der Waals surface area contributed by atoms with Gasteiger partial charge in [-0.1, -0.05) is 12.1 Å². The summed E-state index contributed by atoms with van der Waals surface area (Å²) < 4.78 is 16.4. The maximum absolute atomic E-state index is 5.90. The van der Waals surface area contributed by atoms with Crippen molar-refractivity contribution in [2.45, 2.75) is 6.54 Å². The van der Waals surface area contributed by atoms with Crippen LogP contribution in [0.1, 0.15) is 5.56 Å². The third-order valence-electron chi connectivity index (χ3n) is 3.99. The summed E-state index contributed by atoms with van der Waals surface area (Å²) in [6.45, 7) is 2.56. The molecule has 0 aromatic heterocycles. The number of benzene rings is 2. The predicted octanol–water partition coefficient (Wildman–Crippen LogP) is 3.51. The lowest BCUT2D eigenvalue weighted by atomic mass is 10.2. The molecule has 0 radical (unpaired) electrons. The Kier molecular flexibility index (Phi) is 7.38. The van der Waals surface area contributed by atoms with Gasteiger partial charge >= 0.3 is 0 Å². The van der Waals surface area contributed by atoms with Crippen LogP contribution in [0.2, 0.25) is 0 Å². The largest absolute Gasteiger partial charge is 0.496 e. The van der Waals surface area contributed by atoms with Crippen molar-refractivity contribution in [3.05, 3.63) is 48.0 Å². The van der Waals surface area contributed by atoms with Crippen LogP contribution in [0.3, 0.4) is 0 Å². The van der Waals surface area contributed by atoms with Crippen LogP contribution in [-0.4, -0.2) is 45.2 Å². The molecule has 0 amide bonds. The molecule has 2 aromatic rings. The van der Waals surface area contributed by atoms with E-state index in [0.717, 1.165) is 31.3 Å². The molecule has 1 aliphatic heterocycles. The van der Waals surface area contributed by atoms with E-state index in [1.165, 1.54) is 5.56 Å². The minimum Gasteiger partial charge on any atom is -0.496 e. The lowest BCUT2D eigenvalue weighted by Gasteiger charge is -2.15. The summed E-state index contributed by atoms with van der Waals surface area (Å²) in [7, 11) is 5.27. The molecule has 0 unspecified atom stereocenters. The summed E-state index contributed by atoms with van der Waals surface area (Å²) in [6, 6.07) is 13.4. The number of ether oxygens (including phenoxy) is 3. The minimum atomic E-state index is 0. The van der Waals surface area contributed by atoms with Gasteiger partial charge in [-0.25, -0.2) is 0 Å². The Hall–Kier alpha value is -2.16. The van der Waals surface area contributed by atoms with Gasteiger partial charge in [-0.2, -0.15) is 0 Å². The van der Waals surface area contributed by atoms with Crippen LogP contribution >= 0.6 is 24.0 Å². The zero-order valence-electron chi connectivity index (χ0n) is 15.2. The van der Waals surface area contributed by atoms with E-state index in [0.29, 0.717) is 17.2 Å². The van der Waals surface area contributed by atoms with Crippen molar-refractivity contribution in [2.24, 2.45) is 4.99 Å². The molecular formula is C19H24IN3O3. The lowest BCUT2D eigenvalue weighted by molar-refractivity contribution is 0.386. The molecule has 26 heavy (non-hydrogen) atoms. The highest BCUT2D eigenvalue weighted by molar-refractivity contribution is 14.0. The molecule has 0 spiro atoms. The van der Waals surface area contributed by atoms with Crippen molar-refractivity contribution in [2.75, 3.05) is 34.4 Å². The molecule has 2 aromatic carbocycles. The first-order chi connectivity index (χ1) is 12.2. The molecular weight excluding hydrogens is 445 g/mol. The number of likely N-dealkylation sites (N-methyl/N-ethyl adjacent to an activating group) is 1. The second-order valence-corrected chi connectivity index (χ2v) is 5.77. The molecule has 0 aliphatic carbocycles. The minimum absolute atomic E-state index is 0. The normalized spacial score (nSPS) is 12.9. The second-order valence-electron chi connectivity index (χ2n) is 5.77. The zero-order chi connectivity index (χ0) is 17.6. The molecule has 1 heterocycles. The Labute approximate surface area is 171 Å².